The molecule has 2 heteroatoms. The molecule has 1 aliphatic carbocycles. The van der Waals surface area contributed by atoms with Crippen molar-refractivity contribution < 1.29 is 4.74 Å². The van der Waals surface area contributed by atoms with Crippen molar-refractivity contribution in [1.82, 2.24) is 5.32 Å². The molecule has 3 unspecified atom stereocenters. The van der Waals surface area contributed by atoms with E-state index in [9.17, 15) is 0 Å². The summed E-state index contributed by atoms with van der Waals surface area (Å²) in [5.74, 6) is 0.848. The molecule has 2 nitrogen and oxygen atoms in total. The first-order valence-corrected chi connectivity index (χ1v) is 7.67. The molecule has 1 heterocycles. The molecule has 17 heavy (non-hydrogen) atoms. The van der Waals surface area contributed by atoms with Crippen LogP contribution in [0.15, 0.2) is 0 Å². The summed E-state index contributed by atoms with van der Waals surface area (Å²) in [6.07, 6.45) is 11.3. The normalized spacial score (nSPS) is 36.0. The quantitative estimate of drug-likeness (QED) is 0.810. The molecule has 0 spiro atoms. The van der Waals surface area contributed by atoms with E-state index in [1.54, 1.807) is 0 Å². The van der Waals surface area contributed by atoms with E-state index >= 15 is 0 Å². The van der Waals surface area contributed by atoms with E-state index in [0.717, 1.165) is 12.5 Å². The average Bonchev–Trinajstić information content (AvgIpc) is 2.38. The molecule has 0 aromatic heterocycles. The van der Waals surface area contributed by atoms with Crippen molar-refractivity contribution in [1.29, 1.82) is 0 Å². The SMILES string of the molecule is CCC1NC(C)CCC1OCC1CCCCC1. The lowest BCUT2D eigenvalue weighted by molar-refractivity contribution is -0.0223. The van der Waals surface area contributed by atoms with Crippen LogP contribution in [0.1, 0.15) is 65.2 Å². The Kier molecular flexibility index (Phi) is 5.30. The van der Waals surface area contributed by atoms with Crippen LogP contribution in [0.5, 0.6) is 0 Å². The minimum absolute atomic E-state index is 0.470. The molecule has 1 saturated carbocycles. The molecule has 0 amide bonds. The first-order valence-electron chi connectivity index (χ1n) is 7.67. The van der Waals surface area contributed by atoms with Crippen LogP contribution in [0.2, 0.25) is 0 Å². The van der Waals surface area contributed by atoms with Gasteiger partial charge in [0.25, 0.3) is 0 Å². The highest BCUT2D eigenvalue weighted by Crippen LogP contribution is 2.26. The molecule has 0 aromatic carbocycles. The Bertz CT molecular complexity index is 213. The average molecular weight is 239 g/mol. The van der Waals surface area contributed by atoms with Crippen molar-refractivity contribution in [2.45, 2.75) is 83.4 Å². The minimum atomic E-state index is 0.470. The summed E-state index contributed by atoms with van der Waals surface area (Å²) in [7, 11) is 0. The zero-order chi connectivity index (χ0) is 12.1. The summed E-state index contributed by atoms with van der Waals surface area (Å²) in [6.45, 7) is 5.57. The van der Waals surface area contributed by atoms with Gasteiger partial charge < -0.3 is 10.1 Å². The zero-order valence-electron chi connectivity index (χ0n) is 11.6. The number of hydrogen-bond acceptors (Lipinski definition) is 2. The molecule has 2 rings (SSSR count). The Morgan fingerprint density at radius 3 is 2.53 bits per heavy atom. The van der Waals surface area contributed by atoms with Gasteiger partial charge in [-0.3, -0.25) is 0 Å². The largest absolute Gasteiger partial charge is 0.376 e. The summed E-state index contributed by atoms with van der Waals surface area (Å²) < 4.78 is 6.21. The molecule has 0 bridgehead atoms. The second-order valence-electron chi connectivity index (χ2n) is 6.04. The van der Waals surface area contributed by atoms with Gasteiger partial charge in [-0.15, -0.1) is 0 Å². The predicted molar refractivity (Wildman–Crippen MR) is 72.2 cm³/mol. The molecule has 0 aromatic rings. The maximum Gasteiger partial charge on any atom is 0.0728 e. The van der Waals surface area contributed by atoms with Crippen LogP contribution >= 0.6 is 0 Å². The Balaban J connectivity index is 1.73. The van der Waals surface area contributed by atoms with Gasteiger partial charge in [-0.25, -0.2) is 0 Å². The lowest BCUT2D eigenvalue weighted by Gasteiger charge is -2.36. The Morgan fingerprint density at radius 2 is 1.82 bits per heavy atom. The lowest BCUT2D eigenvalue weighted by Crippen LogP contribution is -2.50. The van der Waals surface area contributed by atoms with E-state index in [2.05, 4.69) is 19.2 Å². The molecule has 1 saturated heterocycles. The van der Waals surface area contributed by atoms with Gasteiger partial charge in [0.1, 0.15) is 0 Å². The minimum Gasteiger partial charge on any atom is -0.376 e. The molecule has 2 aliphatic rings. The second kappa shape index (κ2) is 6.75. The maximum atomic E-state index is 6.21. The van der Waals surface area contributed by atoms with E-state index in [1.165, 1.54) is 51.4 Å². The van der Waals surface area contributed by atoms with Crippen molar-refractivity contribution in [2.75, 3.05) is 6.61 Å². The third-order valence-corrected chi connectivity index (χ3v) is 4.54. The van der Waals surface area contributed by atoms with Crippen molar-refractivity contribution in [3.05, 3.63) is 0 Å². The van der Waals surface area contributed by atoms with E-state index < -0.39 is 0 Å². The van der Waals surface area contributed by atoms with Gasteiger partial charge in [-0.05, 0) is 44.9 Å². The third kappa shape index (κ3) is 3.96. The Morgan fingerprint density at radius 1 is 1.06 bits per heavy atom. The molecule has 1 aliphatic heterocycles. The van der Waals surface area contributed by atoms with Crippen LogP contribution in [0, 0.1) is 5.92 Å². The smallest absolute Gasteiger partial charge is 0.0728 e. The predicted octanol–water partition coefficient (Wildman–Crippen LogP) is 3.50. The van der Waals surface area contributed by atoms with Crippen LogP contribution in [0.3, 0.4) is 0 Å². The summed E-state index contributed by atoms with van der Waals surface area (Å²) in [6, 6.07) is 1.26. The van der Waals surface area contributed by atoms with Crippen molar-refractivity contribution in [2.24, 2.45) is 5.92 Å². The van der Waals surface area contributed by atoms with Gasteiger partial charge in [0, 0.05) is 18.7 Å². The van der Waals surface area contributed by atoms with Crippen LogP contribution < -0.4 is 5.32 Å². The van der Waals surface area contributed by atoms with E-state index in [1.807, 2.05) is 0 Å². The topological polar surface area (TPSA) is 21.3 Å². The van der Waals surface area contributed by atoms with Gasteiger partial charge in [0.2, 0.25) is 0 Å². The van der Waals surface area contributed by atoms with Gasteiger partial charge in [0.05, 0.1) is 6.10 Å². The second-order valence-corrected chi connectivity index (χ2v) is 6.04. The van der Waals surface area contributed by atoms with E-state index in [-0.39, 0.29) is 0 Å². The fourth-order valence-corrected chi connectivity index (χ4v) is 3.37. The van der Waals surface area contributed by atoms with Crippen molar-refractivity contribution in [3.8, 4) is 0 Å². The van der Waals surface area contributed by atoms with Crippen LogP contribution in [-0.2, 0) is 4.74 Å². The number of rotatable bonds is 4. The van der Waals surface area contributed by atoms with Crippen LogP contribution in [-0.4, -0.2) is 24.8 Å². The Hall–Kier alpha value is -0.0800. The maximum absolute atomic E-state index is 6.21. The standard InChI is InChI=1S/C15H29NO/c1-3-14-15(10-9-12(2)16-14)17-11-13-7-5-4-6-8-13/h12-16H,3-11H2,1-2H3. The summed E-state index contributed by atoms with van der Waals surface area (Å²) in [4.78, 5) is 0. The highest BCUT2D eigenvalue weighted by atomic mass is 16.5. The number of nitrogens with one attached hydrogen (secondary N) is 1. The first kappa shape index (κ1) is 13.4. The number of ether oxygens (including phenoxy) is 1. The number of piperidine rings is 1. The van der Waals surface area contributed by atoms with Crippen molar-refractivity contribution >= 4 is 0 Å². The fraction of sp³-hybridized carbons (Fsp3) is 1.00. The van der Waals surface area contributed by atoms with Gasteiger partial charge in [0.15, 0.2) is 0 Å². The van der Waals surface area contributed by atoms with Crippen LogP contribution in [0.4, 0.5) is 0 Å². The van der Waals surface area contributed by atoms with Gasteiger partial charge in [-0.1, -0.05) is 26.2 Å². The summed E-state index contributed by atoms with van der Waals surface area (Å²) in [5.41, 5.74) is 0. The number of hydrogen-bond donors (Lipinski definition) is 1. The fourth-order valence-electron chi connectivity index (χ4n) is 3.37. The van der Waals surface area contributed by atoms with Gasteiger partial charge in [-0.2, -0.15) is 0 Å². The molecule has 1 N–H and O–H groups in total. The van der Waals surface area contributed by atoms with Crippen molar-refractivity contribution in [3.63, 3.8) is 0 Å². The highest BCUT2D eigenvalue weighted by molar-refractivity contribution is 4.85. The molecular formula is C15H29NO. The van der Waals surface area contributed by atoms with Crippen LogP contribution in [0.25, 0.3) is 0 Å². The summed E-state index contributed by atoms with van der Waals surface area (Å²) >= 11 is 0. The molecular weight excluding hydrogens is 210 g/mol. The third-order valence-electron chi connectivity index (χ3n) is 4.54. The molecule has 2 fully saturated rings. The highest BCUT2D eigenvalue weighted by Gasteiger charge is 2.28. The summed E-state index contributed by atoms with van der Waals surface area (Å²) in [5, 5.41) is 3.68. The van der Waals surface area contributed by atoms with Gasteiger partial charge >= 0.3 is 0 Å². The Labute approximate surface area is 107 Å². The molecule has 3 atom stereocenters. The first-order chi connectivity index (χ1) is 8.29. The zero-order valence-corrected chi connectivity index (χ0v) is 11.6. The molecule has 0 radical (unpaired) electrons. The lowest BCUT2D eigenvalue weighted by atomic mass is 9.89. The van der Waals surface area contributed by atoms with E-state index in [0.29, 0.717) is 18.2 Å². The molecule has 100 valence electrons. The van der Waals surface area contributed by atoms with E-state index in [4.69, 9.17) is 4.74 Å². The monoisotopic (exact) mass is 239 g/mol.